The monoisotopic (exact) mass is 259 g/mol. The first kappa shape index (κ1) is 13.0. The van der Waals surface area contributed by atoms with Crippen molar-refractivity contribution >= 4 is 0 Å². The van der Waals surface area contributed by atoms with Crippen molar-refractivity contribution in [1.29, 1.82) is 0 Å². The first-order chi connectivity index (χ1) is 9.26. The molecule has 0 heterocycles. The smallest absolute Gasteiger partial charge is 0.120 e. The van der Waals surface area contributed by atoms with Crippen LogP contribution in [-0.4, -0.2) is 6.10 Å². The Hall–Kier alpha value is -1.02. The van der Waals surface area contributed by atoms with Crippen LogP contribution in [-0.2, 0) is 6.42 Å². The molecule has 2 aliphatic rings. The molecule has 2 nitrogen and oxygen atoms in total. The summed E-state index contributed by atoms with van der Waals surface area (Å²) in [7, 11) is 0. The molecule has 1 atom stereocenters. The fraction of sp³-hybridized carbons (Fsp3) is 0.647. The van der Waals surface area contributed by atoms with Crippen molar-refractivity contribution in [2.75, 3.05) is 0 Å². The van der Waals surface area contributed by atoms with Crippen molar-refractivity contribution in [2.45, 2.75) is 64.0 Å². The molecule has 1 saturated carbocycles. The Morgan fingerprint density at radius 1 is 1.16 bits per heavy atom. The van der Waals surface area contributed by atoms with E-state index >= 15 is 0 Å². The molecule has 3 rings (SSSR count). The lowest BCUT2D eigenvalue weighted by atomic mass is 9.86. The fourth-order valence-corrected chi connectivity index (χ4v) is 3.55. The highest BCUT2D eigenvalue weighted by Crippen LogP contribution is 2.34. The molecule has 2 aliphatic carbocycles. The first-order valence-corrected chi connectivity index (χ1v) is 7.81. The van der Waals surface area contributed by atoms with Crippen LogP contribution < -0.4 is 10.5 Å². The maximum Gasteiger partial charge on any atom is 0.120 e. The highest BCUT2D eigenvalue weighted by atomic mass is 16.5. The van der Waals surface area contributed by atoms with Crippen LogP contribution in [0.25, 0.3) is 0 Å². The Labute approximate surface area is 116 Å². The van der Waals surface area contributed by atoms with E-state index in [2.05, 4.69) is 25.1 Å². The van der Waals surface area contributed by atoms with E-state index in [1.807, 2.05) is 0 Å². The standard InChI is InChI=1S/C17H25NO/c1-2-12-3-6-14(7-4-12)19-15-8-9-16-13(11-15)5-10-17(16)18/h8-9,11-12,14,17H,2-7,10,18H2,1H3/t12?,14?,17-/m1/s1. The summed E-state index contributed by atoms with van der Waals surface area (Å²) in [5.41, 5.74) is 8.79. The largest absolute Gasteiger partial charge is 0.490 e. The zero-order valence-corrected chi connectivity index (χ0v) is 11.9. The molecule has 104 valence electrons. The normalized spacial score (nSPS) is 30.1. The SMILES string of the molecule is CCC1CCC(Oc2ccc3c(c2)CC[C@H]3N)CC1. The van der Waals surface area contributed by atoms with Crippen LogP contribution in [0.2, 0.25) is 0 Å². The van der Waals surface area contributed by atoms with Crippen molar-refractivity contribution < 1.29 is 4.74 Å². The third-order valence-corrected chi connectivity index (χ3v) is 4.91. The minimum atomic E-state index is 0.240. The lowest BCUT2D eigenvalue weighted by molar-refractivity contribution is 0.130. The molecule has 0 unspecified atom stereocenters. The maximum atomic E-state index is 6.17. The predicted molar refractivity (Wildman–Crippen MR) is 78.4 cm³/mol. The maximum absolute atomic E-state index is 6.17. The number of ether oxygens (including phenoxy) is 1. The Kier molecular flexibility index (Phi) is 3.79. The summed E-state index contributed by atoms with van der Waals surface area (Å²) in [5.74, 6) is 1.98. The van der Waals surface area contributed by atoms with E-state index in [0.717, 1.165) is 24.5 Å². The van der Waals surface area contributed by atoms with Gasteiger partial charge in [-0.05, 0) is 67.7 Å². The van der Waals surface area contributed by atoms with Gasteiger partial charge in [0, 0.05) is 6.04 Å². The van der Waals surface area contributed by atoms with E-state index in [9.17, 15) is 0 Å². The molecule has 1 aromatic carbocycles. The van der Waals surface area contributed by atoms with Gasteiger partial charge in [0.25, 0.3) is 0 Å². The highest BCUT2D eigenvalue weighted by molar-refractivity contribution is 5.40. The molecule has 1 fully saturated rings. The molecular formula is C17H25NO. The number of nitrogens with two attached hydrogens (primary N) is 1. The third-order valence-electron chi connectivity index (χ3n) is 4.91. The summed E-state index contributed by atoms with van der Waals surface area (Å²) >= 11 is 0. The molecular weight excluding hydrogens is 234 g/mol. The number of aryl methyl sites for hydroxylation is 1. The van der Waals surface area contributed by atoms with E-state index in [0.29, 0.717) is 6.10 Å². The van der Waals surface area contributed by atoms with Gasteiger partial charge in [0.05, 0.1) is 6.10 Å². The first-order valence-electron chi connectivity index (χ1n) is 7.81. The number of rotatable bonds is 3. The van der Waals surface area contributed by atoms with Crippen molar-refractivity contribution in [3.8, 4) is 5.75 Å². The third kappa shape index (κ3) is 2.79. The van der Waals surface area contributed by atoms with Crippen LogP contribution in [0.5, 0.6) is 5.75 Å². The van der Waals surface area contributed by atoms with Crippen molar-refractivity contribution in [2.24, 2.45) is 11.7 Å². The molecule has 0 aliphatic heterocycles. The quantitative estimate of drug-likeness (QED) is 0.891. The van der Waals surface area contributed by atoms with Gasteiger partial charge in [0.2, 0.25) is 0 Å². The molecule has 0 saturated heterocycles. The zero-order chi connectivity index (χ0) is 13.2. The van der Waals surface area contributed by atoms with Crippen molar-refractivity contribution in [3.63, 3.8) is 0 Å². The second kappa shape index (κ2) is 5.54. The topological polar surface area (TPSA) is 35.2 Å². The van der Waals surface area contributed by atoms with Crippen LogP contribution in [0.15, 0.2) is 18.2 Å². The van der Waals surface area contributed by atoms with Crippen molar-refractivity contribution in [1.82, 2.24) is 0 Å². The Morgan fingerprint density at radius 3 is 2.68 bits per heavy atom. The van der Waals surface area contributed by atoms with Crippen molar-refractivity contribution in [3.05, 3.63) is 29.3 Å². The number of benzene rings is 1. The predicted octanol–water partition coefficient (Wildman–Crippen LogP) is 3.98. The van der Waals surface area contributed by atoms with Crippen LogP contribution in [0.1, 0.15) is 62.6 Å². The summed E-state index contributed by atoms with van der Waals surface area (Å²) in [6, 6.07) is 6.73. The van der Waals surface area contributed by atoms with Crippen LogP contribution in [0, 0.1) is 5.92 Å². The van der Waals surface area contributed by atoms with E-state index in [4.69, 9.17) is 10.5 Å². The van der Waals surface area contributed by atoms with Gasteiger partial charge in [-0.25, -0.2) is 0 Å². The Morgan fingerprint density at radius 2 is 1.95 bits per heavy atom. The summed E-state index contributed by atoms with van der Waals surface area (Å²) in [4.78, 5) is 0. The molecule has 2 N–H and O–H groups in total. The van der Waals surface area contributed by atoms with Gasteiger partial charge in [-0.1, -0.05) is 19.4 Å². The molecule has 0 amide bonds. The molecule has 0 radical (unpaired) electrons. The molecule has 19 heavy (non-hydrogen) atoms. The van der Waals surface area contributed by atoms with Gasteiger partial charge in [-0.2, -0.15) is 0 Å². The van der Waals surface area contributed by atoms with E-state index in [1.54, 1.807) is 0 Å². The van der Waals surface area contributed by atoms with Gasteiger partial charge < -0.3 is 10.5 Å². The van der Waals surface area contributed by atoms with Gasteiger partial charge >= 0.3 is 0 Å². The van der Waals surface area contributed by atoms with Gasteiger partial charge in [-0.3, -0.25) is 0 Å². The second-order valence-electron chi connectivity index (χ2n) is 6.17. The minimum absolute atomic E-state index is 0.240. The minimum Gasteiger partial charge on any atom is -0.490 e. The zero-order valence-electron chi connectivity index (χ0n) is 11.9. The summed E-state index contributed by atoms with van der Waals surface area (Å²) in [6.45, 7) is 2.30. The Bertz CT molecular complexity index is 435. The van der Waals surface area contributed by atoms with Crippen LogP contribution >= 0.6 is 0 Å². The fourth-order valence-electron chi connectivity index (χ4n) is 3.55. The summed E-state index contributed by atoms with van der Waals surface area (Å²) in [5, 5.41) is 0. The average Bonchev–Trinajstić information content (AvgIpc) is 2.81. The Balaban J connectivity index is 1.62. The molecule has 2 heteroatoms. The molecule has 0 spiro atoms. The summed E-state index contributed by atoms with van der Waals surface area (Å²) in [6.07, 6.45) is 9.04. The molecule has 0 bridgehead atoms. The van der Waals surface area contributed by atoms with Gasteiger partial charge in [0.15, 0.2) is 0 Å². The number of hydrogen-bond donors (Lipinski definition) is 1. The van der Waals surface area contributed by atoms with Crippen LogP contribution in [0.4, 0.5) is 0 Å². The molecule has 0 aromatic heterocycles. The average molecular weight is 259 g/mol. The van der Waals surface area contributed by atoms with Gasteiger partial charge in [0.1, 0.15) is 5.75 Å². The highest BCUT2D eigenvalue weighted by Gasteiger charge is 2.23. The molecule has 1 aromatic rings. The summed E-state index contributed by atoms with van der Waals surface area (Å²) < 4.78 is 6.17. The van der Waals surface area contributed by atoms with Crippen LogP contribution in [0.3, 0.4) is 0 Å². The lowest BCUT2D eigenvalue weighted by Gasteiger charge is -2.28. The number of hydrogen-bond acceptors (Lipinski definition) is 2. The van der Waals surface area contributed by atoms with E-state index < -0.39 is 0 Å². The van der Waals surface area contributed by atoms with E-state index in [-0.39, 0.29) is 6.04 Å². The van der Waals surface area contributed by atoms with E-state index in [1.165, 1.54) is 43.2 Å². The number of fused-ring (bicyclic) bond motifs is 1. The lowest BCUT2D eigenvalue weighted by Crippen LogP contribution is -2.23. The second-order valence-corrected chi connectivity index (χ2v) is 6.17. The van der Waals surface area contributed by atoms with Gasteiger partial charge in [-0.15, -0.1) is 0 Å².